The molecule has 1 N–H and O–H groups in total. The van der Waals surface area contributed by atoms with E-state index in [9.17, 15) is 0 Å². The summed E-state index contributed by atoms with van der Waals surface area (Å²) >= 11 is 0. The Kier molecular flexibility index (Phi) is 6.34. The van der Waals surface area contributed by atoms with Crippen molar-refractivity contribution in [1.29, 1.82) is 0 Å². The van der Waals surface area contributed by atoms with Crippen LogP contribution >= 0.6 is 0 Å². The third kappa shape index (κ3) is 6.00. The Morgan fingerprint density at radius 2 is 0.839 bits per heavy atom. The first-order valence-corrected chi connectivity index (χ1v) is 10.3. The zero-order chi connectivity index (χ0) is 21.5. The predicted molar refractivity (Wildman–Crippen MR) is 133 cm³/mol. The molecule has 0 saturated carbocycles. The van der Waals surface area contributed by atoms with Gasteiger partial charge in [0.05, 0.1) is 11.4 Å². The lowest BCUT2D eigenvalue weighted by Crippen LogP contribution is -1.89. The highest BCUT2D eigenvalue weighted by Gasteiger charge is 1.97. The summed E-state index contributed by atoms with van der Waals surface area (Å²) in [5, 5.41) is 3.41. The molecule has 0 aromatic heterocycles. The van der Waals surface area contributed by atoms with E-state index in [1.807, 2.05) is 61.0 Å². The van der Waals surface area contributed by atoms with Crippen LogP contribution in [0.2, 0.25) is 0 Å². The first-order valence-electron chi connectivity index (χ1n) is 10.3. The second-order valence-corrected chi connectivity index (χ2v) is 7.56. The number of aliphatic imine (C=N–C) groups is 2. The molecule has 0 bridgehead atoms. The Balaban J connectivity index is 1.35. The minimum absolute atomic E-state index is 0.923. The Labute approximate surface area is 183 Å². The average molecular weight is 404 g/mol. The summed E-state index contributed by atoms with van der Waals surface area (Å²) in [5.41, 5.74) is 8.57. The first-order chi connectivity index (χ1) is 15.1. The van der Waals surface area contributed by atoms with E-state index in [0.29, 0.717) is 0 Å². The van der Waals surface area contributed by atoms with Gasteiger partial charge in [0.15, 0.2) is 0 Å². The number of rotatable bonds is 6. The number of anilines is 2. The summed E-state index contributed by atoms with van der Waals surface area (Å²) in [6, 6.07) is 32.8. The molecule has 4 aromatic carbocycles. The fraction of sp³-hybridized carbons (Fsp3) is 0.0714. The monoisotopic (exact) mass is 403 g/mol. The highest BCUT2D eigenvalue weighted by atomic mass is 14.9. The summed E-state index contributed by atoms with van der Waals surface area (Å²) in [6.45, 7) is 4.16. The van der Waals surface area contributed by atoms with Gasteiger partial charge in [0.1, 0.15) is 0 Å². The first kappa shape index (κ1) is 20.3. The molecule has 4 rings (SSSR count). The zero-order valence-electron chi connectivity index (χ0n) is 17.8. The van der Waals surface area contributed by atoms with Gasteiger partial charge in [-0.2, -0.15) is 0 Å². The maximum atomic E-state index is 4.55. The van der Waals surface area contributed by atoms with Crippen LogP contribution in [0, 0.1) is 13.8 Å². The lowest BCUT2D eigenvalue weighted by molar-refractivity contribution is 1.45. The van der Waals surface area contributed by atoms with Gasteiger partial charge in [-0.15, -0.1) is 0 Å². The number of nitrogens with zero attached hydrogens (tertiary/aromatic N) is 2. The maximum Gasteiger partial charge on any atom is 0.0631 e. The van der Waals surface area contributed by atoms with Crippen molar-refractivity contribution in [3.63, 3.8) is 0 Å². The molecule has 0 spiro atoms. The molecule has 4 aromatic rings. The molecule has 0 unspecified atom stereocenters. The molecule has 0 atom stereocenters. The van der Waals surface area contributed by atoms with Gasteiger partial charge >= 0.3 is 0 Å². The number of hydrogen-bond acceptors (Lipinski definition) is 3. The van der Waals surface area contributed by atoms with Gasteiger partial charge in [-0.1, -0.05) is 59.7 Å². The van der Waals surface area contributed by atoms with Crippen LogP contribution in [0.25, 0.3) is 0 Å². The van der Waals surface area contributed by atoms with Gasteiger partial charge in [0.2, 0.25) is 0 Å². The molecule has 0 aliphatic heterocycles. The van der Waals surface area contributed by atoms with Crippen LogP contribution < -0.4 is 5.32 Å². The van der Waals surface area contributed by atoms with Crippen molar-refractivity contribution in [2.75, 3.05) is 5.32 Å². The molecule has 0 aliphatic rings. The molecule has 31 heavy (non-hydrogen) atoms. The zero-order valence-corrected chi connectivity index (χ0v) is 17.8. The van der Waals surface area contributed by atoms with Crippen molar-refractivity contribution in [1.82, 2.24) is 0 Å². The van der Waals surface area contributed by atoms with Crippen LogP contribution in [0.4, 0.5) is 22.7 Å². The molecule has 0 aliphatic carbocycles. The second-order valence-electron chi connectivity index (χ2n) is 7.56. The van der Waals surface area contributed by atoms with Crippen LogP contribution in [0.15, 0.2) is 107 Å². The Morgan fingerprint density at radius 1 is 0.484 bits per heavy atom. The van der Waals surface area contributed by atoms with Crippen molar-refractivity contribution in [3.05, 3.63) is 119 Å². The molecule has 0 heterocycles. The highest BCUT2D eigenvalue weighted by molar-refractivity contribution is 5.83. The Morgan fingerprint density at radius 3 is 1.19 bits per heavy atom. The lowest BCUT2D eigenvalue weighted by atomic mass is 10.2. The highest BCUT2D eigenvalue weighted by Crippen LogP contribution is 2.22. The van der Waals surface area contributed by atoms with Crippen LogP contribution in [0.3, 0.4) is 0 Å². The molecular formula is C28H25N3. The quantitative estimate of drug-likeness (QED) is 0.332. The van der Waals surface area contributed by atoms with Gasteiger partial charge in [0, 0.05) is 23.8 Å². The van der Waals surface area contributed by atoms with E-state index in [1.54, 1.807) is 0 Å². The van der Waals surface area contributed by atoms with E-state index in [0.717, 1.165) is 33.9 Å². The smallest absolute Gasteiger partial charge is 0.0631 e. The van der Waals surface area contributed by atoms with Crippen LogP contribution in [0.1, 0.15) is 22.3 Å². The van der Waals surface area contributed by atoms with E-state index in [-0.39, 0.29) is 0 Å². The third-order valence-electron chi connectivity index (χ3n) is 4.90. The fourth-order valence-corrected chi connectivity index (χ4v) is 3.03. The van der Waals surface area contributed by atoms with E-state index in [4.69, 9.17) is 0 Å². The summed E-state index contributed by atoms with van der Waals surface area (Å²) in [5.74, 6) is 0. The number of benzene rings is 4. The Hall–Kier alpha value is -3.98. The second kappa shape index (κ2) is 9.68. The van der Waals surface area contributed by atoms with Gasteiger partial charge in [-0.05, 0) is 73.5 Å². The summed E-state index contributed by atoms with van der Waals surface area (Å²) in [4.78, 5) is 9.09. The average Bonchev–Trinajstić information content (AvgIpc) is 2.80. The molecule has 0 amide bonds. The minimum atomic E-state index is 0.923. The summed E-state index contributed by atoms with van der Waals surface area (Å²) in [6.07, 6.45) is 3.77. The van der Waals surface area contributed by atoms with Crippen LogP contribution in [0.5, 0.6) is 0 Å². The van der Waals surface area contributed by atoms with Gasteiger partial charge in [-0.3, -0.25) is 9.98 Å². The molecule has 3 nitrogen and oxygen atoms in total. The molecule has 0 radical (unpaired) electrons. The summed E-state index contributed by atoms with van der Waals surface area (Å²) in [7, 11) is 0. The van der Waals surface area contributed by atoms with Crippen molar-refractivity contribution in [2.45, 2.75) is 13.8 Å². The van der Waals surface area contributed by atoms with Gasteiger partial charge in [-0.25, -0.2) is 0 Å². The van der Waals surface area contributed by atoms with Crippen molar-refractivity contribution in [3.8, 4) is 0 Å². The Bertz CT molecular complexity index is 1070. The predicted octanol–water partition coefficient (Wildman–Crippen LogP) is 7.55. The molecule has 152 valence electrons. The number of nitrogens with one attached hydrogen (secondary N) is 1. The van der Waals surface area contributed by atoms with Crippen LogP contribution in [-0.4, -0.2) is 12.4 Å². The lowest BCUT2D eigenvalue weighted by Gasteiger charge is -2.07. The number of hydrogen-bond donors (Lipinski definition) is 1. The van der Waals surface area contributed by atoms with Crippen molar-refractivity contribution in [2.24, 2.45) is 9.98 Å². The molecule has 3 heteroatoms. The molecule has 0 saturated heterocycles. The molecule has 0 fully saturated rings. The van der Waals surface area contributed by atoms with Crippen molar-refractivity contribution < 1.29 is 0 Å². The number of aryl methyl sites for hydroxylation is 2. The normalized spacial score (nSPS) is 11.3. The van der Waals surface area contributed by atoms with Crippen LogP contribution in [-0.2, 0) is 0 Å². The molecular weight excluding hydrogens is 378 g/mol. The van der Waals surface area contributed by atoms with Crippen molar-refractivity contribution >= 4 is 35.2 Å². The van der Waals surface area contributed by atoms with Gasteiger partial charge in [0.25, 0.3) is 0 Å². The van der Waals surface area contributed by atoms with E-state index in [2.05, 4.69) is 77.7 Å². The third-order valence-corrected chi connectivity index (χ3v) is 4.90. The van der Waals surface area contributed by atoms with Gasteiger partial charge < -0.3 is 5.32 Å². The standard InChI is InChI=1S/C28H25N3/c1-21-3-7-23(8-4-21)19-29-25-11-15-27(16-12-25)31-28-17-13-26(14-18-28)30-20-24-9-5-22(2)6-10-24/h3-20,31H,1-2H3. The topological polar surface area (TPSA) is 36.8 Å². The van der Waals surface area contributed by atoms with E-state index in [1.165, 1.54) is 11.1 Å². The fourth-order valence-electron chi connectivity index (χ4n) is 3.03. The SMILES string of the molecule is Cc1ccc(C=Nc2ccc(Nc3ccc(N=Cc4ccc(C)cc4)cc3)cc2)cc1. The largest absolute Gasteiger partial charge is 0.356 e. The van der Waals surface area contributed by atoms with E-state index < -0.39 is 0 Å². The maximum absolute atomic E-state index is 4.55. The summed E-state index contributed by atoms with van der Waals surface area (Å²) < 4.78 is 0. The minimum Gasteiger partial charge on any atom is -0.356 e. The van der Waals surface area contributed by atoms with E-state index >= 15 is 0 Å².